The molecule has 0 bridgehead atoms. The molecule has 0 radical (unpaired) electrons. The Morgan fingerprint density at radius 2 is 2.10 bits per heavy atom. The molecular weight excluding hydrogens is 370 g/mol. The Kier molecular flexibility index (Phi) is 5.59. The Morgan fingerprint density at radius 1 is 1.33 bits per heavy atom. The molecule has 1 aromatic heterocycles. The monoisotopic (exact) mass is 387 g/mol. The minimum atomic E-state index is -1.07. The van der Waals surface area contributed by atoms with Crippen molar-refractivity contribution in [2.75, 3.05) is 6.61 Å². The Bertz CT molecular complexity index is 613. The molecule has 0 aliphatic rings. The Morgan fingerprint density at radius 3 is 2.76 bits per heavy atom. The fraction of sp³-hybridized carbons (Fsp3) is 0.429. The molecule has 0 spiro atoms. The first-order valence-corrected chi connectivity index (χ1v) is 11.7. The van der Waals surface area contributed by atoms with Crippen molar-refractivity contribution in [1.29, 1.82) is 0 Å². The predicted octanol–water partition coefficient (Wildman–Crippen LogP) is 4.67. The van der Waals surface area contributed by atoms with Crippen LogP contribution in [0.5, 0.6) is 0 Å². The normalized spacial score (nSPS) is 11.9. The molecule has 0 aliphatic carbocycles. The third kappa shape index (κ3) is 4.91. The van der Waals surface area contributed by atoms with Crippen molar-refractivity contribution in [3.8, 4) is 11.4 Å². The van der Waals surface area contributed by atoms with Crippen molar-refractivity contribution in [2.24, 2.45) is 0 Å². The molecule has 0 atom stereocenters. The second-order valence-electron chi connectivity index (χ2n) is 6.06. The van der Waals surface area contributed by atoms with Crippen molar-refractivity contribution in [3.63, 3.8) is 0 Å². The largest absolute Gasteiger partial charge is 0.359 e. The molecule has 2 aromatic rings. The number of rotatable bonds is 6. The minimum Gasteiger partial charge on any atom is -0.359 e. The summed E-state index contributed by atoms with van der Waals surface area (Å²) < 4.78 is 8.40. The lowest BCUT2D eigenvalue weighted by atomic mass is 10.2. The first-order chi connectivity index (χ1) is 9.87. The Labute approximate surface area is 139 Å². The third-order valence-corrected chi connectivity index (χ3v) is 5.51. The molecule has 21 heavy (non-hydrogen) atoms. The van der Waals surface area contributed by atoms with Gasteiger partial charge in [-0.15, -0.1) is 0 Å². The van der Waals surface area contributed by atoms with Gasteiger partial charge in [-0.25, -0.2) is 9.67 Å². The fourth-order valence-electron chi connectivity index (χ4n) is 1.77. The summed E-state index contributed by atoms with van der Waals surface area (Å²) in [6.07, 6.45) is 1.52. The highest BCUT2D eigenvalue weighted by Gasteiger charge is 2.14. The van der Waals surface area contributed by atoms with E-state index in [1.54, 1.807) is 4.68 Å². The molecule has 7 heteroatoms. The molecule has 0 saturated carbocycles. The van der Waals surface area contributed by atoms with Gasteiger partial charge in [-0.05, 0) is 24.2 Å². The van der Waals surface area contributed by atoms with Crippen LogP contribution in [0.25, 0.3) is 11.4 Å². The topological polar surface area (TPSA) is 39.9 Å². The molecule has 2 rings (SSSR count). The van der Waals surface area contributed by atoms with Crippen LogP contribution in [0.15, 0.2) is 29.0 Å². The van der Waals surface area contributed by atoms with E-state index in [1.165, 1.54) is 6.33 Å². The molecular formula is C14H19BrClN3OSi. The average Bonchev–Trinajstić information content (AvgIpc) is 2.82. The van der Waals surface area contributed by atoms with Crippen LogP contribution < -0.4 is 0 Å². The van der Waals surface area contributed by atoms with Gasteiger partial charge in [0.1, 0.15) is 13.1 Å². The van der Waals surface area contributed by atoms with Crippen LogP contribution in [0.3, 0.4) is 0 Å². The zero-order chi connectivity index (χ0) is 15.5. The van der Waals surface area contributed by atoms with Gasteiger partial charge in [0.25, 0.3) is 0 Å². The maximum absolute atomic E-state index is 6.27. The van der Waals surface area contributed by atoms with Gasteiger partial charge >= 0.3 is 0 Å². The van der Waals surface area contributed by atoms with Gasteiger partial charge < -0.3 is 4.74 Å². The molecule has 0 aliphatic heterocycles. The van der Waals surface area contributed by atoms with E-state index in [-0.39, 0.29) is 0 Å². The summed E-state index contributed by atoms with van der Waals surface area (Å²) in [6, 6.07) is 6.85. The van der Waals surface area contributed by atoms with Crippen molar-refractivity contribution < 1.29 is 4.74 Å². The van der Waals surface area contributed by atoms with Gasteiger partial charge in [0.15, 0.2) is 5.82 Å². The fourth-order valence-corrected chi connectivity index (χ4v) is 3.28. The van der Waals surface area contributed by atoms with Crippen molar-refractivity contribution in [3.05, 3.63) is 34.0 Å². The molecule has 0 amide bonds. The summed E-state index contributed by atoms with van der Waals surface area (Å²) >= 11 is 9.67. The summed E-state index contributed by atoms with van der Waals surface area (Å²) in [6.45, 7) is 8.14. The second kappa shape index (κ2) is 7.04. The molecule has 1 aromatic carbocycles. The number of benzene rings is 1. The number of ether oxygens (including phenoxy) is 1. The van der Waals surface area contributed by atoms with Crippen molar-refractivity contribution in [2.45, 2.75) is 32.4 Å². The number of hydrogen-bond donors (Lipinski definition) is 0. The quantitative estimate of drug-likeness (QED) is 0.533. The van der Waals surface area contributed by atoms with Gasteiger partial charge in [0.05, 0.1) is 5.02 Å². The van der Waals surface area contributed by atoms with E-state index < -0.39 is 8.07 Å². The first-order valence-electron chi connectivity index (χ1n) is 6.78. The lowest BCUT2D eigenvalue weighted by molar-refractivity contribution is 0.0796. The number of halogens is 2. The average molecular weight is 389 g/mol. The predicted molar refractivity (Wildman–Crippen MR) is 92.3 cm³/mol. The number of nitrogens with zero attached hydrogens (tertiary/aromatic N) is 3. The second-order valence-corrected chi connectivity index (χ2v) is 13.0. The highest BCUT2D eigenvalue weighted by molar-refractivity contribution is 9.10. The van der Waals surface area contributed by atoms with E-state index >= 15 is 0 Å². The van der Waals surface area contributed by atoms with E-state index in [9.17, 15) is 0 Å². The van der Waals surface area contributed by atoms with E-state index in [4.69, 9.17) is 16.3 Å². The van der Waals surface area contributed by atoms with Crippen LogP contribution in [0.1, 0.15) is 0 Å². The standard InChI is InChI=1S/C14H19BrClN3OSi/c1-21(2,3)7-6-20-10-19-14(17-9-18-19)12-5-4-11(15)8-13(12)16/h4-5,8-9H,6-7,10H2,1-3H3. The van der Waals surface area contributed by atoms with Crippen LogP contribution in [-0.4, -0.2) is 29.4 Å². The van der Waals surface area contributed by atoms with Crippen LogP contribution in [0.4, 0.5) is 0 Å². The number of hydrogen-bond acceptors (Lipinski definition) is 3. The smallest absolute Gasteiger partial charge is 0.161 e. The van der Waals surface area contributed by atoms with E-state index in [0.29, 0.717) is 11.8 Å². The summed E-state index contributed by atoms with van der Waals surface area (Å²) in [7, 11) is -1.07. The highest BCUT2D eigenvalue weighted by Crippen LogP contribution is 2.28. The lowest BCUT2D eigenvalue weighted by Gasteiger charge is -2.15. The van der Waals surface area contributed by atoms with Crippen molar-refractivity contribution >= 4 is 35.6 Å². The maximum atomic E-state index is 6.27. The molecule has 0 unspecified atom stereocenters. The summed E-state index contributed by atoms with van der Waals surface area (Å²) in [5, 5.41) is 4.85. The molecule has 114 valence electrons. The van der Waals surface area contributed by atoms with Crippen LogP contribution in [0, 0.1) is 0 Å². The molecule has 0 N–H and O–H groups in total. The van der Waals surface area contributed by atoms with Gasteiger partial charge in [0.2, 0.25) is 0 Å². The van der Waals surface area contributed by atoms with Gasteiger partial charge in [-0.1, -0.05) is 47.2 Å². The van der Waals surface area contributed by atoms with Crippen molar-refractivity contribution in [1.82, 2.24) is 14.8 Å². The zero-order valence-corrected chi connectivity index (χ0v) is 15.8. The SMILES string of the molecule is C[Si](C)(C)CCOCn1ncnc1-c1ccc(Br)cc1Cl. The van der Waals surface area contributed by atoms with Crippen LogP contribution in [-0.2, 0) is 11.5 Å². The van der Waals surface area contributed by atoms with E-state index in [1.807, 2.05) is 18.2 Å². The third-order valence-electron chi connectivity index (χ3n) is 3.00. The Balaban J connectivity index is 2.05. The maximum Gasteiger partial charge on any atom is 0.161 e. The zero-order valence-electron chi connectivity index (χ0n) is 12.4. The Hall–Kier alpha value is -0.693. The first kappa shape index (κ1) is 16.7. The van der Waals surface area contributed by atoms with E-state index in [0.717, 1.165) is 28.5 Å². The highest BCUT2D eigenvalue weighted by atomic mass is 79.9. The van der Waals surface area contributed by atoms with Gasteiger partial charge in [0, 0.05) is 24.7 Å². The lowest BCUT2D eigenvalue weighted by Crippen LogP contribution is -2.22. The summed E-state index contributed by atoms with van der Waals surface area (Å²) in [5.74, 6) is 0.723. The molecule has 0 saturated heterocycles. The molecule has 4 nitrogen and oxygen atoms in total. The van der Waals surface area contributed by atoms with E-state index in [2.05, 4.69) is 45.7 Å². The summed E-state index contributed by atoms with van der Waals surface area (Å²) in [4.78, 5) is 4.29. The van der Waals surface area contributed by atoms with Gasteiger partial charge in [-0.3, -0.25) is 0 Å². The summed E-state index contributed by atoms with van der Waals surface area (Å²) in [5.41, 5.74) is 0.853. The van der Waals surface area contributed by atoms with Crippen LogP contribution in [0.2, 0.25) is 30.7 Å². The molecule has 1 heterocycles. The number of aromatic nitrogens is 3. The van der Waals surface area contributed by atoms with Gasteiger partial charge in [-0.2, -0.15) is 5.10 Å². The molecule has 0 fully saturated rings. The van der Waals surface area contributed by atoms with Crippen LogP contribution >= 0.6 is 27.5 Å². The minimum absolute atomic E-state index is 0.395.